The first-order valence-electron chi connectivity index (χ1n) is 10.1. The normalized spacial score (nSPS) is 15.0. The lowest BCUT2D eigenvalue weighted by atomic mass is 10.2. The lowest BCUT2D eigenvalue weighted by Crippen LogP contribution is -2.47. The number of para-hydroxylation sites is 2. The number of aromatic nitrogens is 4. The maximum Gasteiger partial charge on any atom is 0.298 e. The first-order chi connectivity index (χ1) is 14.8. The Hall–Kier alpha value is -3.52. The lowest BCUT2D eigenvalue weighted by molar-refractivity contribution is 0.239. The van der Waals surface area contributed by atoms with Crippen molar-refractivity contribution in [2.45, 2.75) is 6.54 Å². The van der Waals surface area contributed by atoms with Crippen LogP contribution < -0.4 is 10.5 Å². The van der Waals surface area contributed by atoms with Crippen LogP contribution in [-0.4, -0.2) is 57.4 Å². The Morgan fingerprint density at radius 1 is 0.933 bits per heavy atom. The second-order valence-corrected chi connectivity index (χ2v) is 7.31. The quantitative estimate of drug-likeness (QED) is 0.507. The summed E-state index contributed by atoms with van der Waals surface area (Å²) in [7, 11) is 0. The Morgan fingerprint density at radius 3 is 2.60 bits per heavy atom. The molecule has 0 unspecified atom stereocenters. The molecule has 5 rings (SSSR count). The van der Waals surface area contributed by atoms with Gasteiger partial charge in [-0.1, -0.05) is 12.1 Å². The molecule has 3 aromatic heterocycles. The second kappa shape index (κ2) is 8.08. The summed E-state index contributed by atoms with van der Waals surface area (Å²) in [6.07, 6.45) is 3.47. The van der Waals surface area contributed by atoms with Crippen LogP contribution in [0.3, 0.4) is 0 Å². The molecule has 0 atom stereocenters. The molecule has 0 radical (unpaired) electrons. The highest BCUT2D eigenvalue weighted by molar-refractivity contribution is 5.74. The monoisotopic (exact) mass is 402 g/mol. The van der Waals surface area contributed by atoms with E-state index in [0.717, 1.165) is 55.1 Å². The number of rotatable bonds is 5. The Balaban J connectivity index is 1.21. The molecule has 1 aliphatic heterocycles. The molecule has 0 bridgehead atoms. The van der Waals surface area contributed by atoms with Crippen molar-refractivity contribution in [3.63, 3.8) is 0 Å². The van der Waals surface area contributed by atoms with Gasteiger partial charge in [-0.2, -0.15) is 10.1 Å². The van der Waals surface area contributed by atoms with E-state index in [1.54, 1.807) is 24.5 Å². The number of piperazine rings is 1. The van der Waals surface area contributed by atoms with Gasteiger partial charge in [-0.25, -0.2) is 4.68 Å². The molecule has 4 heterocycles. The van der Waals surface area contributed by atoms with Crippen LogP contribution in [0.25, 0.3) is 22.4 Å². The van der Waals surface area contributed by atoms with Crippen LogP contribution in [0.4, 0.5) is 6.01 Å². The summed E-state index contributed by atoms with van der Waals surface area (Å²) in [6, 6.07) is 15.6. The average molecular weight is 402 g/mol. The van der Waals surface area contributed by atoms with Crippen LogP contribution in [0.1, 0.15) is 0 Å². The van der Waals surface area contributed by atoms with Crippen molar-refractivity contribution in [3.8, 4) is 11.3 Å². The van der Waals surface area contributed by atoms with Gasteiger partial charge in [0.1, 0.15) is 5.52 Å². The zero-order valence-corrected chi connectivity index (χ0v) is 16.5. The van der Waals surface area contributed by atoms with Crippen molar-refractivity contribution in [2.75, 3.05) is 37.6 Å². The molecule has 0 spiro atoms. The molecular weight excluding hydrogens is 380 g/mol. The number of benzene rings is 1. The van der Waals surface area contributed by atoms with Crippen LogP contribution >= 0.6 is 0 Å². The van der Waals surface area contributed by atoms with Crippen LogP contribution in [0.2, 0.25) is 0 Å². The predicted octanol–water partition coefficient (Wildman–Crippen LogP) is 2.27. The third-order valence-electron chi connectivity index (χ3n) is 5.38. The van der Waals surface area contributed by atoms with E-state index in [2.05, 4.69) is 24.9 Å². The minimum atomic E-state index is -0.0900. The van der Waals surface area contributed by atoms with E-state index in [-0.39, 0.29) is 5.56 Å². The van der Waals surface area contributed by atoms with Gasteiger partial charge in [0.25, 0.3) is 11.6 Å². The molecule has 1 aliphatic rings. The fourth-order valence-electron chi connectivity index (χ4n) is 3.67. The number of hydrogen-bond donors (Lipinski definition) is 0. The van der Waals surface area contributed by atoms with E-state index in [1.807, 2.05) is 36.4 Å². The number of oxazole rings is 1. The van der Waals surface area contributed by atoms with Crippen LogP contribution in [-0.2, 0) is 6.54 Å². The topological polar surface area (TPSA) is 80.3 Å². The largest absolute Gasteiger partial charge is 0.423 e. The second-order valence-electron chi connectivity index (χ2n) is 7.31. The van der Waals surface area contributed by atoms with Gasteiger partial charge in [0.15, 0.2) is 5.58 Å². The zero-order valence-electron chi connectivity index (χ0n) is 16.5. The summed E-state index contributed by atoms with van der Waals surface area (Å²) in [6.45, 7) is 4.77. The summed E-state index contributed by atoms with van der Waals surface area (Å²) in [5, 5.41) is 4.52. The molecule has 8 nitrogen and oxygen atoms in total. The highest BCUT2D eigenvalue weighted by Gasteiger charge is 2.21. The van der Waals surface area contributed by atoms with Gasteiger partial charge >= 0.3 is 0 Å². The number of pyridine rings is 1. The fraction of sp³-hybridized carbons (Fsp3) is 0.273. The molecule has 30 heavy (non-hydrogen) atoms. The van der Waals surface area contributed by atoms with Gasteiger partial charge in [-0.3, -0.25) is 14.7 Å². The van der Waals surface area contributed by atoms with E-state index in [9.17, 15) is 4.79 Å². The molecule has 0 saturated carbocycles. The van der Waals surface area contributed by atoms with Crippen LogP contribution in [0.15, 0.2) is 70.1 Å². The summed E-state index contributed by atoms with van der Waals surface area (Å²) >= 11 is 0. The third-order valence-corrected chi connectivity index (χ3v) is 5.38. The van der Waals surface area contributed by atoms with Crippen molar-refractivity contribution >= 4 is 17.1 Å². The summed E-state index contributed by atoms with van der Waals surface area (Å²) in [5.41, 5.74) is 3.26. The molecule has 4 aromatic rings. The predicted molar refractivity (Wildman–Crippen MR) is 114 cm³/mol. The van der Waals surface area contributed by atoms with E-state index >= 15 is 0 Å². The van der Waals surface area contributed by atoms with Crippen molar-refractivity contribution in [1.82, 2.24) is 24.6 Å². The first-order valence-corrected chi connectivity index (χ1v) is 10.1. The van der Waals surface area contributed by atoms with Crippen molar-refractivity contribution in [3.05, 3.63) is 71.3 Å². The number of fused-ring (bicyclic) bond motifs is 1. The van der Waals surface area contributed by atoms with Crippen molar-refractivity contribution in [1.29, 1.82) is 0 Å². The van der Waals surface area contributed by atoms with E-state index in [4.69, 9.17) is 4.42 Å². The van der Waals surface area contributed by atoms with Crippen LogP contribution in [0.5, 0.6) is 0 Å². The maximum atomic E-state index is 12.2. The van der Waals surface area contributed by atoms with Gasteiger partial charge in [0.2, 0.25) is 0 Å². The maximum absolute atomic E-state index is 12.2. The minimum Gasteiger partial charge on any atom is -0.423 e. The SMILES string of the molecule is O=c1ccc(-c2cccnc2)nn1CCN1CCN(c2nc3ccccc3o2)CC1. The van der Waals surface area contributed by atoms with E-state index in [0.29, 0.717) is 12.6 Å². The summed E-state index contributed by atoms with van der Waals surface area (Å²) in [4.78, 5) is 25.5. The number of anilines is 1. The van der Waals surface area contributed by atoms with Gasteiger partial charge in [-0.15, -0.1) is 0 Å². The van der Waals surface area contributed by atoms with Crippen LogP contribution in [0, 0.1) is 0 Å². The fourth-order valence-corrected chi connectivity index (χ4v) is 3.67. The molecule has 0 aliphatic carbocycles. The Labute approximate surface area is 173 Å². The highest BCUT2D eigenvalue weighted by Crippen LogP contribution is 2.22. The molecule has 1 saturated heterocycles. The van der Waals surface area contributed by atoms with Gasteiger partial charge in [0, 0.05) is 56.7 Å². The number of nitrogens with zero attached hydrogens (tertiary/aromatic N) is 6. The standard InChI is InChI=1S/C22H22N6O2/c29-21-8-7-18(17-4-3-9-23-16-17)25-28(21)15-12-26-10-13-27(14-11-26)22-24-19-5-1-2-6-20(19)30-22/h1-9,16H,10-15H2. The minimum absolute atomic E-state index is 0.0900. The van der Waals surface area contributed by atoms with Crippen molar-refractivity contribution < 1.29 is 4.42 Å². The van der Waals surface area contributed by atoms with Gasteiger partial charge in [0.05, 0.1) is 12.2 Å². The molecule has 0 amide bonds. The summed E-state index contributed by atoms with van der Waals surface area (Å²) in [5.74, 6) is 0. The van der Waals surface area contributed by atoms with Gasteiger partial charge in [-0.05, 0) is 30.3 Å². The smallest absolute Gasteiger partial charge is 0.298 e. The molecule has 8 heteroatoms. The first kappa shape index (κ1) is 18.5. The zero-order chi connectivity index (χ0) is 20.3. The Bertz CT molecular complexity index is 1160. The Kier molecular flexibility index (Phi) is 4.98. The number of hydrogen-bond acceptors (Lipinski definition) is 7. The van der Waals surface area contributed by atoms with E-state index < -0.39 is 0 Å². The van der Waals surface area contributed by atoms with Crippen molar-refractivity contribution in [2.24, 2.45) is 0 Å². The lowest BCUT2D eigenvalue weighted by Gasteiger charge is -2.33. The molecular formula is C22H22N6O2. The molecule has 0 N–H and O–H groups in total. The molecule has 152 valence electrons. The average Bonchev–Trinajstić information content (AvgIpc) is 3.24. The molecule has 1 aromatic carbocycles. The highest BCUT2D eigenvalue weighted by atomic mass is 16.4. The van der Waals surface area contributed by atoms with E-state index in [1.165, 1.54) is 4.68 Å². The summed E-state index contributed by atoms with van der Waals surface area (Å²) < 4.78 is 7.42. The Morgan fingerprint density at radius 2 is 1.80 bits per heavy atom. The third kappa shape index (κ3) is 3.81. The molecule has 1 fully saturated rings. The van der Waals surface area contributed by atoms with Gasteiger partial charge < -0.3 is 9.32 Å².